The van der Waals surface area contributed by atoms with E-state index in [2.05, 4.69) is 25.8 Å². The van der Waals surface area contributed by atoms with Crippen LogP contribution in [0.3, 0.4) is 0 Å². The Labute approximate surface area is 105 Å². The predicted octanol–water partition coefficient (Wildman–Crippen LogP) is 2.15. The molecule has 2 heterocycles. The van der Waals surface area contributed by atoms with E-state index in [1.54, 1.807) is 0 Å². The van der Waals surface area contributed by atoms with Crippen LogP contribution in [0, 0.1) is 0 Å². The first-order valence-corrected chi connectivity index (χ1v) is 5.76. The summed E-state index contributed by atoms with van der Waals surface area (Å²) in [7, 11) is 0. The maximum atomic E-state index is 5.89. The van der Waals surface area contributed by atoms with Gasteiger partial charge in [0.25, 0.3) is 0 Å². The number of alkyl halides is 1. The van der Waals surface area contributed by atoms with Crippen LogP contribution in [0.5, 0.6) is 0 Å². The summed E-state index contributed by atoms with van der Waals surface area (Å²) in [4.78, 5) is 6.91. The third-order valence-corrected chi connectivity index (χ3v) is 3.39. The number of hydrogen-bond acceptors (Lipinski definition) is 3. The minimum absolute atomic E-state index is 0. The molecule has 2 atom stereocenters. The molecule has 2 unspecified atom stereocenters. The van der Waals surface area contributed by atoms with Crippen molar-refractivity contribution in [3.63, 3.8) is 0 Å². The van der Waals surface area contributed by atoms with Crippen molar-refractivity contribution < 1.29 is 0 Å². The summed E-state index contributed by atoms with van der Waals surface area (Å²) < 4.78 is 0. The van der Waals surface area contributed by atoms with Gasteiger partial charge < -0.3 is 10.6 Å². The van der Waals surface area contributed by atoms with Gasteiger partial charge in [-0.15, -0.1) is 12.4 Å². The summed E-state index contributed by atoms with van der Waals surface area (Å²) in [5.41, 5.74) is 5.89. The summed E-state index contributed by atoms with van der Waals surface area (Å²) in [6.45, 7) is 0.980. The molecule has 15 heavy (non-hydrogen) atoms. The molecule has 1 aromatic rings. The fourth-order valence-corrected chi connectivity index (χ4v) is 2.62. The number of piperidine rings is 1. The second-order valence-corrected chi connectivity index (χ2v) is 4.66. The van der Waals surface area contributed by atoms with E-state index in [0.717, 1.165) is 25.2 Å². The van der Waals surface area contributed by atoms with Crippen molar-refractivity contribution in [2.45, 2.75) is 23.8 Å². The van der Waals surface area contributed by atoms with Crippen LogP contribution in [0.4, 0.5) is 5.82 Å². The lowest BCUT2D eigenvalue weighted by Gasteiger charge is -2.35. The molecule has 0 saturated carbocycles. The summed E-state index contributed by atoms with van der Waals surface area (Å²) in [6, 6.07) is 6.30. The third-order valence-electron chi connectivity index (χ3n) is 2.52. The van der Waals surface area contributed by atoms with E-state index >= 15 is 0 Å². The van der Waals surface area contributed by atoms with Crippen LogP contribution >= 0.6 is 28.3 Å². The third kappa shape index (κ3) is 3.06. The topological polar surface area (TPSA) is 42.1 Å². The maximum absolute atomic E-state index is 5.89. The molecule has 0 aliphatic carbocycles. The zero-order chi connectivity index (χ0) is 9.97. The zero-order valence-electron chi connectivity index (χ0n) is 8.34. The van der Waals surface area contributed by atoms with Gasteiger partial charge in [0.05, 0.1) is 4.95 Å². The number of pyridine rings is 1. The molecule has 0 aromatic carbocycles. The first-order valence-electron chi connectivity index (χ1n) is 4.84. The van der Waals surface area contributed by atoms with Crippen LogP contribution in [0.1, 0.15) is 12.8 Å². The molecule has 5 heteroatoms. The van der Waals surface area contributed by atoms with Crippen LogP contribution < -0.4 is 10.6 Å². The summed E-state index contributed by atoms with van der Waals surface area (Å²) in [5, 5.41) is 0. The Balaban J connectivity index is 0.00000112. The Kier molecular flexibility index (Phi) is 4.83. The molecule has 84 valence electrons. The van der Waals surface area contributed by atoms with Crippen LogP contribution in [-0.2, 0) is 0 Å². The monoisotopic (exact) mass is 291 g/mol. The average molecular weight is 293 g/mol. The molecule has 1 saturated heterocycles. The Hall–Kier alpha value is -0.320. The van der Waals surface area contributed by atoms with Gasteiger partial charge in [-0.3, -0.25) is 0 Å². The lowest BCUT2D eigenvalue weighted by molar-refractivity contribution is 0.482. The number of halogens is 2. The second kappa shape index (κ2) is 5.68. The molecular weight excluding hydrogens is 277 g/mol. The van der Waals surface area contributed by atoms with Crippen molar-refractivity contribution >= 4 is 34.2 Å². The molecule has 2 rings (SSSR count). The SMILES string of the molecule is Cl.NC1CCN(c2ccccn2)C(Br)C1. The Bertz CT molecular complexity index is 296. The van der Waals surface area contributed by atoms with E-state index < -0.39 is 0 Å². The number of nitrogens with zero attached hydrogens (tertiary/aromatic N) is 2. The van der Waals surface area contributed by atoms with Crippen molar-refractivity contribution in [3.05, 3.63) is 24.4 Å². The van der Waals surface area contributed by atoms with Gasteiger partial charge in [0.15, 0.2) is 0 Å². The summed E-state index contributed by atoms with van der Waals surface area (Å²) in [6.07, 6.45) is 3.85. The molecule has 1 aromatic heterocycles. The molecule has 1 aliphatic heterocycles. The molecule has 0 bridgehead atoms. The van der Waals surface area contributed by atoms with Gasteiger partial charge in [-0.05, 0) is 25.0 Å². The molecule has 0 amide bonds. The summed E-state index contributed by atoms with van der Waals surface area (Å²) >= 11 is 3.64. The zero-order valence-corrected chi connectivity index (χ0v) is 10.7. The van der Waals surface area contributed by atoms with Crippen LogP contribution in [0.15, 0.2) is 24.4 Å². The molecule has 1 aliphatic rings. The Morgan fingerprint density at radius 2 is 2.27 bits per heavy atom. The fraction of sp³-hybridized carbons (Fsp3) is 0.500. The van der Waals surface area contributed by atoms with Crippen LogP contribution in [0.25, 0.3) is 0 Å². The van der Waals surface area contributed by atoms with E-state index in [-0.39, 0.29) is 12.4 Å². The highest BCUT2D eigenvalue weighted by Gasteiger charge is 2.24. The molecular formula is C10H15BrClN3. The highest BCUT2D eigenvalue weighted by atomic mass is 79.9. The largest absolute Gasteiger partial charge is 0.344 e. The second-order valence-electron chi connectivity index (χ2n) is 3.60. The fourth-order valence-electron chi connectivity index (χ4n) is 1.72. The lowest BCUT2D eigenvalue weighted by Crippen LogP contribution is -2.44. The van der Waals surface area contributed by atoms with E-state index in [0.29, 0.717) is 11.0 Å². The first-order chi connectivity index (χ1) is 6.77. The minimum atomic E-state index is 0. The van der Waals surface area contributed by atoms with Crippen LogP contribution in [0.2, 0.25) is 0 Å². The van der Waals surface area contributed by atoms with Gasteiger partial charge >= 0.3 is 0 Å². The van der Waals surface area contributed by atoms with E-state index in [1.165, 1.54) is 0 Å². The predicted molar refractivity (Wildman–Crippen MR) is 68.8 cm³/mol. The number of anilines is 1. The van der Waals surface area contributed by atoms with E-state index in [4.69, 9.17) is 5.73 Å². The Morgan fingerprint density at radius 3 is 2.87 bits per heavy atom. The van der Waals surface area contributed by atoms with Gasteiger partial charge in [-0.25, -0.2) is 4.98 Å². The smallest absolute Gasteiger partial charge is 0.129 e. The number of hydrogen-bond donors (Lipinski definition) is 1. The van der Waals surface area contributed by atoms with Gasteiger partial charge in [0.2, 0.25) is 0 Å². The molecule has 0 radical (unpaired) electrons. The molecule has 1 fully saturated rings. The highest BCUT2D eigenvalue weighted by Crippen LogP contribution is 2.25. The van der Waals surface area contributed by atoms with E-state index in [9.17, 15) is 0 Å². The highest BCUT2D eigenvalue weighted by molar-refractivity contribution is 9.09. The maximum Gasteiger partial charge on any atom is 0.129 e. The molecule has 3 nitrogen and oxygen atoms in total. The van der Waals surface area contributed by atoms with Crippen molar-refractivity contribution in [1.82, 2.24) is 4.98 Å². The summed E-state index contributed by atoms with van der Waals surface area (Å²) in [5.74, 6) is 1.03. The van der Waals surface area contributed by atoms with E-state index in [1.807, 2.05) is 24.4 Å². The van der Waals surface area contributed by atoms with Crippen molar-refractivity contribution in [2.24, 2.45) is 5.73 Å². The van der Waals surface area contributed by atoms with Crippen molar-refractivity contribution in [1.29, 1.82) is 0 Å². The molecule has 2 N–H and O–H groups in total. The van der Waals surface area contributed by atoms with Gasteiger partial charge in [-0.2, -0.15) is 0 Å². The average Bonchev–Trinajstić information content (AvgIpc) is 2.19. The van der Waals surface area contributed by atoms with Gasteiger partial charge in [0, 0.05) is 18.8 Å². The number of nitrogens with two attached hydrogens (primary N) is 1. The normalized spacial score (nSPS) is 25.9. The Morgan fingerprint density at radius 1 is 1.47 bits per heavy atom. The lowest BCUT2D eigenvalue weighted by atomic mass is 10.1. The first kappa shape index (κ1) is 12.7. The van der Waals surface area contributed by atoms with Crippen LogP contribution in [-0.4, -0.2) is 22.5 Å². The van der Waals surface area contributed by atoms with Gasteiger partial charge in [-0.1, -0.05) is 22.0 Å². The number of rotatable bonds is 1. The van der Waals surface area contributed by atoms with Crippen molar-refractivity contribution in [2.75, 3.05) is 11.4 Å². The molecule has 0 spiro atoms. The quantitative estimate of drug-likeness (QED) is 0.637. The standard InChI is InChI=1S/C10H14BrN3.ClH/c11-9-7-8(12)4-6-14(9)10-3-1-2-5-13-10;/h1-3,5,8-9H,4,6-7,12H2;1H. The minimum Gasteiger partial charge on any atom is -0.344 e. The van der Waals surface area contributed by atoms with Gasteiger partial charge in [0.1, 0.15) is 5.82 Å². The van der Waals surface area contributed by atoms with Crippen molar-refractivity contribution in [3.8, 4) is 0 Å². The number of aromatic nitrogens is 1.